The summed E-state index contributed by atoms with van der Waals surface area (Å²) < 4.78 is 1.85. The molecule has 1 aliphatic rings. The van der Waals surface area contributed by atoms with Crippen molar-refractivity contribution in [3.05, 3.63) is 63.9 Å². The van der Waals surface area contributed by atoms with Gasteiger partial charge in [-0.25, -0.2) is 9.67 Å². The van der Waals surface area contributed by atoms with E-state index in [4.69, 9.17) is 0 Å². The van der Waals surface area contributed by atoms with Gasteiger partial charge < -0.3 is 0 Å². The fraction of sp³-hybridized carbons (Fsp3) is 0.167. The van der Waals surface area contributed by atoms with E-state index >= 15 is 0 Å². The number of aryl methyl sites for hydroxylation is 1. The number of fused-ring (bicyclic) bond motifs is 3. The zero-order chi connectivity index (χ0) is 16.1. The zero-order valence-corrected chi connectivity index (χ0v) is 14.0. The molecule has 0 aliphatic heterocycles. The van der Waals surface area contributed by atoms with Crippen molar-refractivity contribution in [1.82, 2.24) is 25.0 Å². The van der Waals surface area contributed by atoms with Crippen LogP contribution in [0.5, 0.6) is 0 Å². The van der Waals surface area contributed by atoms with Crippen molar-refractivity contribution in [3.63, 3.8) is 0 Å². The van der Waals surface area contributed by atoms with Gasteiger partial charge in [0, 0.05) is 28.5 Å². The van der Waals surface area contributed by atoms with Gasteiger partial charge in [0.25, 0.3) is 0 Å². The number of nitrogens with zero attached hydrogens (tertiary/aromatic N) is 4. The smallest absolute Gasteiger partial charge is 0.137 e. The van der Waals surface area contributed by atoms with Crippen LogP contribution < -0.4 is 0 Å². The number of thiophene rings is 1. The third-order valence-electron chi connectivity index (χ3n) is 4.63. The summed E-state index contributed by atoms with van der Waals surface area (Å²) in [5.41, 5.74) is 9.98. The van der Waals surface area contributed by atoms with Gasteiger partial charge in [0.2, 0.25) is 0 Å². The normalized spacial score (nSPS) is 12.4. The fourth-order valence-electron chi connectivity index (χ4n) is 3.52. The number of aromatic amines is 1. The van der Waals surface area contributed by atoms with Crippen LogP contribution in [0.2, 0.25) is 0 Å². The van der Waals surface area contributed by atoms with Gasteiger partial charge >= 0.3 is 0 Å². The highest BCUT2D eigenvalue weighted by Crippen LogP contribution is 2.42. The molecule has 3 aromatic heterocycles. The molecular formula is C18H15N5S. The van der Waals surface area contributed by atoms with Crippen molar-refractivity contribution in [3.8, 4) is 22.5 Å². The predicted octanol–water partition coefficient (Wildman–Crippen LogP) is 3.66. The minimum Gasteiger partial charge on any atom is -0.277 e. The fourth-order valence-corrected chi connectivity index (χ4v) is 4.16. The van der Waals surface area contributed by atoms with Crippen molar-refractivity contribution in [2.24, 2.45) is 0 Å². The van der Waals surface area contributed by atoms with Crippen LogP contribution in [0, 0.1) is 6.92 Å². The van der Waals surface area contributed by atoms with Crippen LogP contribution in [0.3, 0.4) is 0 Å². The molecule has 1 aromatic carbocycles. The number of hydrogen-bond acceptors (Lipinski definition) is 4. The minimum atomic E-state index is 0.731. The second-order valence-electron chi connectivity index (χ2n) is 6.15. The van der Waals surface area contributed by atoms with Gasteiger partial charge in [-0.15, -0.1) is 0 Å². The molecule has 1 N–H and O–H groups in total. The zero-order valence-electron chi connectivity index (χ0n) is 13.2. The monoisotopic (exact) mass is 333 g/mol. The van der Waals surface area contributed by atoms with E-state index in [-0.39, 0.29) is 0 Å². The van der Waals surface area contributed by atoms with Gasteiger partial charge in [-0.3, -0.25) is 5.10 Å². The van der Waals surface area contributed by atoms with Gasteiger partial charge in [0.15, 0.2) is 0 Å². The Morgan fingerprint density at radius 1 is 1.29 bits per heavy atom. The number of rotatable bonds is 3. The van der Waals surface area contributed by atoms with Gasteiger partial charge in [0.05, 0.1) is 17.9 Å². The summed E-state index contributed by atoms with van der Waals surface area (Å²) in [6, 6.07) is 6.64. The van der Waals surface area contributed by atoms with Crippen LogP contribution in [0.25, 0.3) is 22.5 Å². The van der Waals surface area contributed by atoms with E-state index in [0.717, 1.165) is 24.4 Å². The lowest BCUT2D eigenvalue weighted by Gasteiger charge is -2.09. The predicted molar refractivity (Wildman–Crippen MR) is 94.0 cm³/mol. The lowest BCUT2D eigenvalue weighted by Crippen LogP contribution is -2.01. The van der Waals surface area contributed by atoms with Crippen LogP contribution in [-0.2, 0) is 13.0 Å². The maximum Gasteiger partial charge on any atom is 0.137 e. The SMILES string of the molecule is Cc1cc(Cn2cncn2)cc2c1Cc1c(-c3ccsc3)n[nH]c1-2. The molecule has 6 heteroatoms. The van der Waals surface area contributed by atoms with E-state index in [2.05, 4.69) is 56.2 Å². The Labute approximate surface area is 143 Å². The first kappa shape index (κ1) is 13.7. The lowest BCUT2D eigenvalue weighted by molar-refractivity contribution is 0.684. The Morgan fingerprint density at radius 2 is 2.25 bits per heavy atom. The minimum absolute atomic E-state index is 0.731. The molecule has 24 heavy (non-hydrogen) atoms. The average molecular weight is 333 g/mol. The standard InChI is InChI=1S/C18H15N5S/c1-11-4-12(7-23-10-19-9-20-23)5-15-14(11)6-16-17(21-22-18(15)16)13-2-3-24-8-13/h2-5,8-10H,6-7H2,1H3,(H,21,22). The molecule has 0 amide bonds. The molecule has 5 rings (SSSR count). The number of benzene rings is 1. The van der Waals surface area contributed by atoms with Crippen molar-refractivity contribution in [2.45, 2.75) is 19.9 Å². The Kier molecular flexibility index (Phi) is 2.93. The first-order chi connectivity index (χ1) is 11.8. The summed E-state index contributed by atoms with van der Waals surface area (Å²) in [7, 11) is 0. The van der Waals surface area contributed by atoms with Crippen LogP contribution in [0.15, 0.2) is 41.6 Å². The third-order valence-corrected chi connectivity index (χ3v) is 5.31. The molecule has 4 aromatic rings. The lowest BCUT2D eigenvalue weighted by atomic mass is 9.99. The summed E-state index contributed by atoms with van der Waals surface area (Å²) in [4.78, 5) is 4.02. The summed E-state index contributed by atoms with van der Waals surface area (Å²) in [5, 5.41) is 16.3. The molecule has 5 nitrogen and oxygen atoms in total. The van der Waals surface area contributed by atoms with Crippen LogP contribution >= 0.6 is 11.3 Å². The molecular weight excluding hydrogens is 318 g/mol. The van der Waals surface area contributed by atoms with Crippen LogP contribution in [0.4, 0.5) is 0 Å². The van der Waals surface area contributed by atoms with E-state index in [1.165, 1.54) is 33.4 Å². The summed E-state index contributed by atoms with van der Waals surface area (Å²) in [5.74, 6) is 0. The van der Waals surface area contributed by atoms with Crippen LogP contribution in [0.1, 0.15) is 22.3 Å². The van der Waals surface area contributed by atoms with Crippen molar-refractivity contribution in [1.29, 1.82) is 0 Å². The summed E-state index contributed by atoms with van der Waals surface area (Å²) in [6.07, 6.45) is 4.26. The molecule has 1 aliphatic carbocycles. The Balaban J connectivity index is 1.59. The second kappa shape index (κ2) is 5.14. The molecule has 0 spiro atoms. The number of nitrogens with one attached hydrogen (secondary N) is 1. The Hall–Kier alpha value is -2.73. The maximum atomic E-state index is 4.57. The van der Waals surface area contributed by atoms with Crippen molar-refractivity contribution < 1.29 is 0 Å². The molecule has 0 unspecified atom stereocenters. The highest BCUT2D eigenvalue weighted by Gasteiger charge is 2.26. The maximum absolute atomic E-state index is 4.57. The van der Waals surface area contributed by atoms with Gasteiger partial charge in [-0.2, -0.15) is 21.5 Å². The highest BCUT2D eigenvalue weighted by atomic mass is 32.1. The van der Waals surface area contributed by atoms with E-state index < -0.39 is 0 Å². The van der Waals surface area contributed by atoms with Gasteiger partial charge in [-0.1, -0.05) is 6.07 Å². The Bertz CT molecular complexity index is 1010. The van der Waals surface area contributed by atoms with Crippen molar-refractivity contribution in [2.75, 3.05) is 0 Å². The van der Waals surface area contributed by atoms with E-state index in [1.807, 2.05) is 4.68 Å². The van der Waals surface area contributed by atoms with Crippen LogP contribution in [-0.4, -0.2) is 25.0 Å². The van der Waals surface area contributed by atoms with Gasteiger partial charge in [0.1, 0.15) is 12.7 Å². The molecule has 0 atom stereocenters. The third kappa shape index (κ3) is 2.03. The molecule has 0 bridgehead atoms. The highest BCUT2D eigenvalue weighted by molar-refractivity contribution is 7.08. The van der Waals surface area contributed by atoms with E-state index in [9.17, 15) is 0 Å². The molecule has 0 saturated heterocycles. The molecule has 0 fully saturated rings. The van der Waals surface area contributed by atoms with E-state index in [0.29, 0.717) is 0 Å². The first-order valence-electron chi connectivity index (χ1n) is 7.84. The largest absolute Gasteiger partial charge is 0.277 e. The number of aromatic nitrogens is 5. The van der Waals surface area contributed by atoms with E-state index in [1.54, 1.807) is 24.0 Å². The summed E-state index contributed by atoms with van der Waals surface area (Å²) >= 11 is 1.71. The summed E-state index contributed by atoms with van der Waals surface area (Å²) in [6.45, 7) is 2.92. The quantitative estimate of drug-likeness (QED) is 0.548. The number of hydrogen-bond donors (Lipinski definition) is 1. The molecule has 0 radical (unpaired) electrons. The molecule has 3 heterocycles. The topological polar surface area (TPSA) is 59.4 Å². The Morgan fingerprint density at radius 3 is 3.04 bits per heavy atom. The van der Waals surface area contributed by atoms with Crippen molar-refractivity contribution >= 4 is 11.3 Å². The first-order valence-corrected chi connectivity index (χ1v) is 8.79. The van der Waals surface area contributed by atoms with Gasteiger partial charge in [-0.05, 0) is 41.1 Å². The molecule has 118 valence electrons. The average Bonchev–Trinajstić information content (AvgIpc) is 3.32. The molecule has 0 saturated carbocycles. The number of H-pyrrole nitrogens is 1. The second-order valence-corrected chi connectivity index (χ2v) is 6.93.